The number of halogens is 1. The summed E-state index contributed by atoms with van der Waals surface area (Å²) in [6, 6.07) is 2.97. The largest absolute Gasteiger partial charge is 0.461 e. The van der Waals surface area contributed by atoms with Gasteiger partial charge in [0.25, 0.3) is 0 Å². The standard InChI is InChI=1S/C11H12BrNO4.CH4/c1-3-16-10(14)8-5-7(12)6-9(13-8)11(15)17-4-2;/h5-6H,3-4H2,1-2H3;1H4. The normalized spacial score (nSPS) is 9.28. The summed E-state index contributed by atoms with van der Waals surface area (Å²) in [6.45, 7) is 3.90. The smallest absolute Gasteiger partial charge is 0.356 e. The van der Waals surface area contributed by atoms with E-state index in [1.165, 1.54) is 12.1 Å². The average molecular weight is 318 g/mol. The Balaban J connectivity index is 0.00000289. The number of rotatable bonds is 4. The molecule has 0 spiro atoms. The van der Waals surface area contributed by atoms with Crippen molar-refractivity contribution in [2.24, 2.45) is 0 Å². The summed E-state index contributed by atoms with van der Waals surface area (Å²) in [5, 5.41) is 0. The van der Waals surface area contributed by atoms with Gasteiger partial charge in [-0.2, -0.15) is 0 Å². The van der Waals surface area contributed by atoms with Crippen molar-refractivity contribution < 1.29 is 19.1 Å². The molecule has 0 fully saturated rings. The molecule has 0 bridgehead atoms. The maximum atomic E-state index is 11.5. The van der Waals surface area contributed by atoms with Gasteiger partial charge < -0.3 is 9.47 Å². The second kappa shape index (κ2) is 7.81. The van der Waals surface area contributed by atoms with Crippen LogP contribution >= 0.6 is 15.9 Å². The summed E-state index contributed by atoms with van der Waals surface area (Å²) in [5.74, 6) is -1.14. The SMILES string of the molecule is C.CCOC(=O)c1cc(Br)cc(C(=O)OCC)n1. The monoisotopic (exact) mass is 317 g/mol. The van der Waals surface area contributed by atoms with Crippen LogP contribution in [0.4, 0.5) is 0 Å². The van der Waals surface area contributed by atoms with Gasteiger partial charge in [-0.3, -0.25) is 0 Å². The van der Waals surface area contributed by atoms with Gasteiger partial charge in [0.05, 0.1) is 13.2 Å². The van der Waals surface area contributed by atoms with Crippen LogP contribution in [0.5, 0.6) is 0 Å². The third-order valence-electron chi connectivity index (χ3n) is 1.76. The maximum absolute atomic E-state index is 11.5. The quantitative estimate of drug-likeness (QED) is 0.799. The zero-order valence-corrected chi connectivity index (χ0v) is 11.1. The minimum absolute atomic E-state index is 0. The van der Waals surface area contributed by atoms with Gasteiger partial charge in [0.2, 0.25) is 0 Å². The van der Waals surface area contributed by atoms with E-state index in [1.807, 2.05) is 0 Å². The topological polar surface area (TPSA) is 65.5 Å². The molecule has 0 N–H and O–H groups in total. The van der Waals surface area contributed by atoms with Crippen molar-refractivity contribution in [2.75, 3.05) is 13.2 Å². The molecule has 0 aliphatic carbocycles. The van der Waals surface area contributed by atoms with Gasteiger partial charge in [-0.1, -0.05) is 23.4 Å². The number of pyridine rings is 1. The lowest BCUT2D eigenvalue weighted by Gasteiger charge is -2.05. The first-order chi connectivity index (χ1) is 8.08. The molecule has 1 aromatic heterocycles. The highest BCUT2D eigenvalue weighted by Gasteiger charge is 2.15. The van der Waals surface area contributed by atoms with Gasteiger partial charge in [-0.05, 0) is 26.0 Å². The van der Waals surface area contributed by atoms with Crippen LogP contribution in [0.15, 0.2) is 16.6 Å². The van der Waals surface area contributed by atoms with Crippen molar-refractivity contribution in [3.05, 3.63) is 28.0 Å². The van der Waals surface area contributed by atoms with Gasteiger partial charge in [0.1, 0.15) is 11.4 Å². The lowest BCUT2D eigenvalue weighted by Crippen LogP contribution is -2.12. The molecule has 0 aromatic carbocycles. The van der Waals surface area contributed by atoms with Gasteiger partial charge in [0, 0.05) is 4.47 Å². The molecule has 0 saturated carbocycles. The van der Waals surface area contributed by atoms with E-state index in [0.717, 1.165) is 0 Å². The Morgan fingerprint density at radius 1 is 1.11 bits per heavy atom. The highest BCUT2D eigenvalue weighted by atomic mass is 79.9. The molecule has 0 atom stereocenters. The summed E-state index contributed by atoms with van der Waals surface area (Å²) >= 11 is 3.20. The number of nitrogens with zero attached hydrogens (tertiary/aromatic N) is 1. The Hall–Kier alpha value is -1.43. The summed E-state index contributed by atoms with van der Waals surface area (Å²) in [4.78, 5) is 26.8. The zero-order valence-electron chi connectivity index (χ0n) is 9.53. The molecule has 1 heterocycles. The van der Waals surface area contributed by atoms with Crippen LogP contribution in [0.25, 0.3) is 0 Å². The van der Waals surface area contributed by atoms with E-state index in [-0.39, 0.29) is 32.0 Å². The van der Waals surface area contributed by atoms with E-state index >= 15 is 0 Å². The van der Waals surface area contributed by atoms with Gasteiger partial charge in [0.15, 0.2) is 0 Å². The second-order valence-electron chi connectivity index (χ2n) is 3.00. The molecule has 0 saturated heterocycles. The predicted octanol–water partition coefficient (Wildman–Crippen LogP) is 2.83. The van der Waals surface area contributed by atoms with Crippen LogP contribution in [0.3, 0.4) is 0 Å². The fourth-order valence-electron chi connectivity index (χ4n) is 1.12. The molecule has 0 unspecified atom stereocenters. The highest BCUT2D eigenvalue weighted by Crippen LogP contribution is 2.14. The molecular formula is C12H16BrNO4. The molecule has 18 heavy (non-hydrogen) atoms. The van der Waals surface area contributed by atoms with Crippen molar-refractivity contribution in [1.29, 1.82) is 0 Å². The van der Waals surface area contributed by atoms with Gasteiger partial charge in [-0.15, -0.1) is 0 Å². The number of hydrogen-bond acceptors (Lipinski definition) is 5. The molecule has 5 nitrogen and oxygen atoms in total. The van der Waals surface area contributed by atoms with E-state index in [2.05, 4.69) is 20.9 Å². The van der Waals surface area contributed by atoms with E-state index in [0.29, 0.717) is 4.47 Å². The number of carbonyl (C=O) groups excluding carboxylic acids is 2. The highest BCUT2D eigenvalue weighted by molar-refractivity contribution is 9.10. The van der Waals surface area contributed by atoms with Crippen molar-refractivity contribution in [1.82, 2.24) is 4.98 Å². The number of aromatic nitrogens is 1. The summed E-state index contributed by atoms with van der Waals surface area (Å²) in [7, 11) is 0. The minimum atomic E-state index is -0.570. The maximum Gasteiger partial charge on any atom is 0.356 e. The van der Waals surface area contributed by atoms with Crippen molar-refractivity contribution in [3.63, 3.8) is 0 Å². The lowest BCUT2D eigenvalue weighted by molar-refractivity contribution is 0.0511. The van der Waals surface area contributed by atoms with Crippen LogP contribution < -0.4 is 0 Å². The molecule has 100 valence electrons. The number of hydrogen-bond donors (Lipinski definition) is 0. The van der Waals surface area contributed by atoms with E-state index in [9.17, 15) is 9.59 Å². The van der Waals surface area contributed by atoms with Crippen molar-refractivity contribution in [2.45, 2.75) is 21.3 Å². The third-order valence-corrected chi connectivity index (χ3v) is 2.22. The Morgan fingerprint density at radius 3 is 1.83 bits per heavy atom. The van der Waals surface area contributed by atoms with E-state index in [1.54, 1.807) is 13.8 Å². The van der Waals surface area contributed by atoms with Crippen LogP contribution in [0.1, 0.15) is 42.3 Å². The molecule has 6 heteroatoms. The van der Waals surface area contributed by atoms with Gasteiger partial charge >= 0.3 is 11.9 Å². The van der Waals surface area contributed by atoms with Crippen LogP contribution in [0.2, 0.25) is 0 Å². The third kappa shape index (κ3) is 4.44. The zero-order chi connectivity index (χ0) is 12.8. The lowest BCUT2D eigenvalue weighted by atomic mass is 10.3. The fraction of sp³-hybridized carbons (Fsp3) is 0.417. The Morgan fingerprint density at radius 2 is 1.50 bits per heavy atom. The van der Waals surface area contributed by atoms with E-state index < -0.39 is 11.9 Å². The van der Waals surface area contributed by atoms with Gasteiger partial charge in [-0.25, -0.2) is 14.6 Å². The van der Waals surface area contributed by atoms with Crippen LogP contribution in [-0.4, -0.2) is 30.1 Å². The molecule has 0 aliphatic heterocycles. The summed E-state index contributed by atoms with van der Waals surface area (Å²) < 4.78 is 10.2. The number of carbonyl (C=O) groups is 2. The van der Waals surface area contributed by atoms with Crippen molar-refractivity contribution >= 4 is 27.9 Å². The Labute approximate surface area is 115 Å². The summed E-state index contributed by atoms with van der Waals surface area (Å²) in [5.41, 5.74) is 0.147. The van der Waals surface area contributed by atoms with Crippen molar-refractivity contribution in [3.8, 4) is 0 Å². The molecular weight excluding hydrogens is 302 g/mol. The number of esters is 2. The first-order valence-corrected chi connectivity index (χ1v) is 5.89. The first kappa shape index (κ1) is 16.6. The molecule has 1 aromatic rings. The Kier molecular flexibility index (Phi) is 7.19. The molecule has 0 amide bonds. The van der Waals surface area contributed by atoms with E-state index in [4.69, 9.17) is 9.47 Å². The molecule has 0 radical (unpaired) electrons. The average Bonchev–Trinajstić information content (AvgIpc) is 2.29. The predicted molar refractivity (Wildman–Crippen MR) is 70.6 cm³/mol. The summed E-state index contributed by atoms with van der Waals surface area (Å²) in [6.07, 6.45) is 0. The first-order valence-electron chi connectivity index (χ1n) is 5.10. The minimum Gasteiger partial charge on any atom is -0.461 e. The van der Waals surface area contributed by atoms with Crippen LogP contribution in [-0.2, 0) is 9.47 Å². The van der Waals surface area contributed by atoms with Crippen LogP contribution in [0, 0.1) is 0 Å². The Bertz CT molecular complexity index is 398. The fourth-order valence-corrected chi connectivity index (χ4v) is 1.55. The number of ether oxygens (including phenoxy) is 2. The second-order valence-corrected chi connectivity index (χ2v) is 3.91. The molecule has 1 rings (SSSR count). The molecule has 0 aliphatic rings.